The molecule has 3 aliphatic rings. The molecule has 0 atom stereocenters. The maximum Gasteiger partial charge on any atom is 0.190 e. The summed E-state index contributed by atoms with van der Waals surface area (Å²) in [5, 5.41) is 4.93. The van der Waals surface area contributed by atoms with Crippen LogP contribution in [0.2, 0.25) is 0 Å². The van der Waals surface area contributed by atoms with E-state index >= 15 is 0 Å². The lowest BCUT2D eigenvalue weighted by molar-refractivity contribution is 0.145. The van der Waals surface area contributed by atoms with E-state index in [4.69, 9.17) is 60.6 Å². The Labute approximate surface area is 588 Å². The minimum atomic E-state index is 0.491. The summed E-state index contributed by atoms with van der Waals surface area (Å²) in [4.78, 5) is 51.7. The van der Waals surface area contributed by atoms with Gasteiger partial charge in [0.05, 0.1) is 38.4 Å². The Bertz CT molecular complexity index is 3950. The topological polar surface area (TPSA) is 259 Å². The number of anilines is 3. The minimum Gasteiger partial charge on any atom is -0.493 e. The summed E-state index contributed by atoms with van der Waals surface area (Å²) in [5.74, 6) is 8.07. The van der Waals surface area contributed by atoms with Crippen molar-refractivity contribution in [2.24, 2.45) is 0 Å². The molecular formula is C69H87N15O6S6. The van der Waals surface area contributed by atoms with Crippen molar-refractivity contribution in [2.75, 3.05) is 117 Å². The Balaban J connectivity index is 0.000000157. The molecule has 6 N–H and O–H groups in total. The maximum absolute atomic E-state index is 6.14. The van der Waals surface area contributed by atoms with Gasteiger partial charge in [-0.3, -0.25) is 14.7 Å². The van der Waals surface area contributed by atoms with Gasteiger partial charge in [-0.25, -0.2) is 44.9 Å². The summed E-state index contributed by atoms with van der Waals surface area (Å²) in [6, 6.07) is 23.4. The Morgan fingerprint density at radius 2 is 0.656 bits per heavy atom. The first-order chi connectivity index (χ1) is 46.5. The second kappa shape index (κ2) is 35.4. The average Bonchev–Trinajstić information content (AvgIpc) is 1.68. The molecule has 3 aromatic carbocycles. The lowest BCUT2D eigenvalue weighted by atomic mass is 10.1. The number of aryl methyl sites for hydroxylation is 6. The smallest absolute Gasteiger partial charge is 0.190 e. The van der Waals surface area contributed by atoms with Crippen LogP contribution in [0, 0.1) is 41.5 Å². The lowest BCUT2D eigenvalue weighted by Gasteiger charge is -2.30. The Morgan fingerprint density at radius 3 is 0.927 bits per heavy atom. The van der Waals surface area contributed by atoms with Gasteiger partial charge in [0.15, 0.2) is 50.0 Å². The fourth-order valence-electron chi connectivity index (χ4n) is 10.8. The van der Waals surface area contributed by atoms with E-state index in [1.807, 2.05) is 75.4 Å². The number of likely N-dealkylation sites (tertiary alicyclic amines) is 3. The molecule has 9 heterocycles. The number of nitrogen functional groups attached to an aromatic ring is 3. The van der Waals surface area contributed by atoms with Gasteiger partial charge in [-0.1, -0.05) is 41.7 Å². The van der Waals surface area contributed by atoms with Crippen LogP contribution >= 0.6 is 69.3 Å². The van der Waals surface area contributed by atoms with Crippen LogP contribution in [0.4, 0.5) is 17.5 Å². The summed E-state index contributed by atoms with van der Waals surface area (Å²) in [6.45, 7) is 23.8. The van der Waals surface area contributed by atoms with Crippen LogP contribution in [0.5, 0.6) is 34.5 Å². The van der Waals surface area contributed by atoms with Crippen LogP contribution in [0.3, 0.4) is 0 Å². The second-order valence-electron chi connectivity index (χ2n) is 23.4. The number of hydrogen-bond acceptors (Lipinski definition) is 27. The summed E-state index contributed by atoms with van der Waals surface area (Å²) < 4.78 is 34.8. The first-order valence-corrected chi connectivity index (χ1v) is 37.7. The standard InChI is InChI=1S/C24H31N5O2S2.C23H29N5O2S2.C22H27N5O2S2/c1-16-13-22(25)28-24(26-16)32-15-19-17(2)33-23(27-19)18-7-8-20(30-3)21(14-18)31-12-11-29-9-5-4-6-10-29;1-15-12-21(24)27-23(25-15)31-14-18-16(2)32-22(26-18)17-6-7-19(29-3)20(13-17)30-11-10-28-8-4-5-9-28;1-14-11-20(23)26-22(24-14)30-13-17-15(2)31-21(25-17)16-5-6-18(28-3)19(12-16)29-10-9-27-7-4-8-27/h7-8,13-14H,4-6,9-12,15H2,1-3H3,(H2,25,26,28);6-7,12-13H,4-5,8-11,14H2,1-3H3,(H2,24,25,27);5-6,11-12H,4,7-10,13H2,1-3H3,(H2,23,24,26). The molecular weight excluding hydrogens is 1330 g/mol. The summed E-state index contributed by atoms with van der Waals surface area (Å²) in [7, 11) is 5.01. The summed E-state index contributed by atoms with van der Waals surface area (Å²) in [5.41, 5.74) is 26.3. The number of thiazole rings is 3. The van der Waals surface area contributed by atoms with Crippen molar-refractivity contribution in [1.82, 2.24) is 59.6 Å². The summed E-state index contributed by atoms with van der Waals surface area (Å²) >= 11 is 9.69. The fraction of sp³-hybridized carbons (Fsp3) is 0.435. The third-order valence-electron chi connectivity index (χ3n) is 16.1. The number of piperidine rings is 1. The molecule has 6 aromatic heterocycles. The zero-order valence-corrected chi connectivity index (χ0v) is 61.2. The van der Waals surface area contributed by atoms with E-state index in [2.05, 4.69) is 65.4 Å². The van der Waals surface area contributed by atoms with Gasteiger partial charge in [-0.2, -0.15) is 0 Å². The number of nitrogens with two attached hydrogens (primary N) is 3. The normalized spacial score (nSPS) is 14.1. The Kier molecular flexibility index (Phi) is 26.5. The molecule has 27 heteroatoms. The van der Waals surface area contributed by atoms with Crippen molar-refractivity contribution in [1.29, 1.82) is 0 Å². The van der Waals surface area contributed by atoms with Crippen molar-refractivity contribution in [2.45, 2.75) is 113 Å². The van der Waals surface area contributed by atoms with Crippen LogP contribution in [0.25, 0.3) is 31.7 Å². The highest BCUT2D eigenvalue weighted by Crippen LogP contribution is 2.40. The number of benzene rings is 3. The highest BCUT2D eigenvalue weighted by molar-refractivity contribution is 7.98. The highest BCUT2D eigenvalue weighted by atomic mass is 32.2. The monoisotopic (exact) mass is 1410 g/mol. The van der Waals surface area contributed by atoms with E-state index in [9.17, 15) is 0 Å². The van der Waals surface area contributed by atoms with Gasteiger partial charge in [-0.15, -0.1) is 34.0 Å². The number of hydrogen-bond donors (Lipinski definition) is 3. The molecule has 0 radical (unpaired) electrons. The van der Waals surface area contributed by atoms with Crippen LogP contribution in [-0.2, 0) is 17.3 Å². The van der Waals surface area contributed by atoms with Crippen molar-refractivity contribution in [3.8, 4) is 66.2 Å². The van der Waals surface area contributed by atoms with Crippen molar-refractivity contribution in [3.05, 3.63) is 122 Å². The molecule has 3 aliphatic heterocycles. The fourth-order valence-corrected chi connectivity index (χ4v) is 16.6. The number of nitrogens with zero attached hydrogens (tertiary/aromatic N) is 12. The molecule has 96 heavy (non-hydrogen) atoms. The lowest BCUT2D eigenvalue weighted by Crippen LogP contribution is -2.39. The number of methoxy groups -OCH3 is 3. The molecule has 21 nitrogen and oxygen atoms in total. The minimum absolute atomic E-state index is 0.491. The van der Waals surface area contributed by atoms with E-state index in [0.29, 0.717) is 70.0 Å². The van der Waals surface area contributed by atoms with Gasteiger partial charge in [0.2, 0.25) is 0 Å². The van der Waals surface area contributed by atoms with Gasteiger partial charge in [0, 0.05) is 103 Å². The van der Waals surface area contributed by atoms with Crippen LogP contribution in [0.1, 0.15) is 87.3 Å². The van der Waals surface area contributed by atoms with Gasteiger partial charge >= 0.3 is 0 Å². The van der Waals surface area contributed by atoms with E-state index in [-0.39, 0.29) is 0 Å². The van der Waals surface area contributed by atoms with Gasteiger partial charge in [0.25, 0.3) is 0 Å². The quantitative estimate of drug-likeness (QED) is 0.0319. The Hall–Kier alpha value is -7.08. The predicted molar refractivity (Wildman–Crippen MR) is 392 cm³/mol. The molecule has 0 unspecified atom stereocenters. The molecule has 0 bridgehead atoms. The van der Waals surface area contributed by atoms with Crippen LogP contribution < -0.4 is 45.6 Å². The number of thioether (sulfide) groups is 3. The van der Waals surface area contributed by atoms with Crippen molar-refractivity contribution < 1.29 is 28.4 Å². The van der Waals surface area contributed by atoms with Crippen LogP contribution in [0.15, 0.2) is 88.3 Å². The van der Waals surface area contributed by atoms with E-state index in [0.717, 1.165) is 120 Å². The number of rotatable bonds is 27. The number of aromatic nitrogens is 9. The molecule has 3 fully saturated rings. The maximum atomic E-state index is 6.14. The summed E-state index contributed by atoms with van der Waals surface area (Å²) in [6.07, 6.45) is 7.76. The first-order valence-electron chi connectivity index (χ1n) is 32.3. The first kappa shape index (κ1) is 71.7. The molecule has 0 saturated carbocycles. The third-order valence-corrected chi connectivity index (χ3v) is 21.8. The zero-order valence-electron chi connectivity index (χ0n) is 56.3. The average molecular weight is 1410 g/mol. The molecule has 9 aromatic rings. The zero-order chi connectivity index (χ0) is 67.5. The number of ether oxygens (including phenoxy) is 6. The van der Waals surface area contributed by atoms with E-state index < -0.39 is 0 Å². The predicted octanol–water partition coefficient (Wildman–Crippen LogP) is 13.7. The van der Waals surface area contributed by atoms with E-state index in [1.54, 1.807) is 109 Å². The van der Waals surface area contributed by atoms with E-state index in [1.165, 1.54) is 92.4 Å². The second-order valence-corrected chi connectivity index (χ2v) is 29.8. The molecule has 12 rings (SSSR count). The van der Waals surface area contributed by atoms with Gasteiger partial charge in [-0.05, 0) is 168 Å². The molecule has 0 amide bonds. The van der Waals surface area contributed by atoms with Gasteiger partial charge in [0.1, 0.15) is 52.3 Å². The molecule has 0 aliphatic carbocycles. The molecule has 3 saturated heterocycles. The van der Waals surface area contributed by atoms with Crippen molar-refractivity contribution in [3.63, 3.8) is 0 Å². The third kappa shape index (κ3) is 20.7. The molecule has 510 valence electrons. The molecule has 0 spiro atoms. The highest BCUT2D eigenvalue weighted by Gasteiger charge is 2.21. The van der Waals surface area contributed by atoms with Crippen molar-refractivity contribution >= 4 is 86.7 Å². The van der Waals surface area contributed by atoms with Gasteiger partial charge < -0.3 is 45.6 Å². The largest absolute Gasteiger partial charge is 0.493 e. The SMILES string of the molecule is COc1ccc(-c2nc(CSc3nc(C)cc(N)n3)c(C)s2)cc1OCCN1CCC1.COc1ccc(-c2nc(CSc3nc(C)cc(N)n3)c(C)s2)cc1OCCN1CCCC1.COc1ccc(-c2nc(CSc3nc(C)cc(N)n3)c(C)s2)cc1OCCN1CCCCC1. The van der Waals surface area contributed by atoms with Crippen LogP contribution in [-0.4, -0.2) is 160 Å². The Morgan fingerprint density at radius 1 is 0.365 bits per heavy atom.